The fraction of sp³-hybridized carbons (Fsp3) is 0.529. The van der Waals surface area contributed by atoms with Gasteiger partial charge in [0.25, 0.3) is 5.56 Å². The summed E-state index contributed by atoms with van der Waals surface area (Å²) in [5.41, 5.74) is 0.495. The number of nitrogens with one attached hydrogen (secondary N) is 1. The maximum Gasteiger partial charge on any atom is 0.258 e. The van der Waals surface area contributed by atoms with Crippen molar-refractivity contribution in [3.63, 3.8) is 0 Å². The molecule has 23 heavy (non-hydrogen) atoms. The van der Waals surface area contributed by atoms with Gasteiger partial charge in [0, 0.05) is 19.1 Å². The largest absolute Gasteiger partial charge is 0.493 e. The SMILES string of the molecule is COc1cc2nc(C3CCC(OC)CC3)[nH]c(=O)c2cc1OC. The molecule has 124 valence electrons. The highest BCUT2D eigenvalue weighted by atomic mass is 16.5. The molecule has 1 aromatic heterocycles. The summed E-state index contributed by atoms with van der Waals surface area (Å²) < 4.78 is 16.0. The Morgan fingerprint density at radius 1 is 1.04 bits per heavy atom. The van der Waals surface area contributed by atoms with Crippen LogP contribution < -0.4 is 15.0 Å². The number of hydrogen-bond donors (Lipinski definition) is 1. The van der Waals surface area contributed by atoms with E-state index in [2.05, 4.69) is 9.97 Å². The van der Waals surface area contributed by atoms with Crippen LogP contribution in [0.1, 0.15) is 37.4 Å². The first-order valence-corrected chi connectivity index (χ1v) is 7.85. The van der Waals surface area contributed by atoms with Gasteiger partial charge in [0.05, 0.1) is 31.2 Å². The fourth-order valence-electron chi connectivity index (χ4n) is 3.25. The van der Waals surface area contributed by atoms with E-state index in [9.17, 15) is 4.79 Å². The Hall–Kier alpha value is -2.08. The van der Waals surface area contributed by atoms with E-state index < -0.39 is 0 Å². The molecule has 0 aliphatic heterocycles. The Kier molecular flexibility index (Phi) is 4.52. The smallest absolute Gasteiger partial charge is 0.258 e. The molecule has 0 atom stereocenters. The molecule has 0 bridgehead atoms. The third kappa shape index (κ3) is 3.03. The molecule has 0 spiro atoms. The standard InChI is InChI=1S/C17H22N2O4/c1-21-11-6-4-10(5-7-11)16-18-13-9-15(23-3)14(22-2)8-12(13)17(20)19-16/h8-11H,4-7H2,1-3H3,(H,18,19,20). The lowest BCUT2D eigenvalue weighted by Crippen LogP contribution is -2.22. The highest BCUT2D eigenvalue weighted by Gasteiger charge is 2.24. The second-order valence-electron chi connectivity index (χ2n) is 5.88. The Morgan fingerprint density at radius 3 is 2.30 bits per heavy atom. The fourth-order valence-corrected chi connectivity index (χ4v) is 3.25. The van der Waals surface area contributed by atoms with Crippen molar-refractivity contribution in [3.05, 3.63) is 28.3 Å². The molecule has 0 amide bonds. The van der Waals surface area contributed by atoms with Crippen LogP contribution in [-0.4, -0.2) is 37.4 Å². The quantitative estimate of drug-likeness (QED) is 0.938. The van der Waals surface area contributed by atoms with Gasteiger partial charge in [-0.2, -0.15) is 0 Å². The number of aromatic nitrogens is 2. The van der Waals surface area contributed by atoms with Gasteiger partial charge < -0.3 is 19.2 Å². The molecule has 1 saturated carbocycles. The van der Waals surface area contributed by atoms with Crippen LogP contribution in [0, 0.1) is 0 Å². The number of fused-ring (bicyclic) bond motifs is 1. The van der Waals surface area contributed by atoms with Gasteiger partial charge in [-0.15, -0.1) is 0 Å². The zero-order valence-corrected chi connectivity index (χ0v) is 13.7. The first-order chi connectivity index (χ1) is 11.2. The van der Waals surface area contributed by atoms with E-state index in [4.69, 9.17) is 14.2 Å². The summed E-state index contributed by atoms with van der Waals surface area (Å²) in [4.78, 5) is 20.0. The minimum absolute atomic E-state index is 0.139. The second kappa shape index (κ2) is 6.58. The van der Waals surface area contributed by atoms with E-state index in [1.54, 1.807) is 33.5 Å². The van der Waals surface area contributed by atoms with E-state index >= 15 is 0 Å². The van der Waals surface area contributed by atoms with Crippen molar-refractivity contribution < 1.29 is 14.2 Å². The van der Waals surface area contributed by atoms with E-state index in [0.29, 0.717) is 28.5 Å². The van der Waals surface area contributed by atoms with Crippen LogP contribution in [0.5, 0.6) is 11.5 Å². The van der Waals surface area contributed by atoms with Crippen molar-refractivity contribution in [1.29, 1.82) is 0 Å². The van der Waals surface area contributed by atoms with Crippen LogP contribution in [0.25, 0.3) is 10.9 Å². The summed E-state index contributed by atoms with van der Waals surface area (Å²) in [6.07, 6.45) is 4.26. The molecule has 3 rings (SSSR count). The molecule has 1 N–H and O–H groups in total. The third-order valence-corrected chi connectivity index (χ3v) is 4.62. The van der Waals surface area contributed by atoms with Gasteiger partial charge in [0.1, 0.15) is 5.82 Å². The zero-order valence-electron chi connectivity index (χ0n) is 13.7. The molecule has 1 fully saturated rings. The highest BCUT2D eigenvalue weighted by Crippen LogP contribution is 2.34. The summed E-state index contributed by atoms with van der Waals surface area (Å²) in [7, 11) is 4.87. The Morgan fingerprint density at radius 2 is 1.70 bits per heavy atom. The zero-order chi connectivity index (χ0) is 16.4. The molecule has 6 heteroatoms. The molecule has 0 radical (unpaired) electrons. The molecule has 1 aliphatic rings. The number of ether oxygens (including phenoxy) is 3. The number of H-pyrrole nitrogens is 1. The van der Waals surface area contributed by atoms with Gasteiger partial charge in [-0.25, -0.2) is 4.98 Å². The molecule has 6 nitrogen and oxygen atoms in total. The van der Waals surface area contributed by atoms with Crippen molar-refractivity contribution in [2.24, 2.45) is 0 Å². The number of hydrogen-bond acceptors (Lipinski definition) is 5. The van der Waals surface area contributed by atoms with Crippen molar-refractivity contribution >= 4 is 10.9 Å². The highest BCUT2D eigenvalue weighted by molar-refractivity contribution is 5.81. The number of nitrogens with zero attached hydrogens (tertiary/aromatic N) is 1. The topological polar surface area (TPSA) is 73.4 Å². The van der Waals surface area contributed by atoms with Crippen molar-refractivity contribution in [3.8, 4) is 11.5 Å². The first-order valence-electron chi connectivity index (χ1n) is 7.85. The van der Waals surface area contributed by atoms with Crippen LogP contribution in [0.2, 0.25) is 0 Å². The van der Waals surface area contributed by atoms with Gasteiger partial charge in [0.2, 0.25) is 0 Å². The predicted molar refractivity (Wildman–Crippen MR) is 87.5 cm³/mol. The third-order valence-electron chi connectivity index (χ3n) is 4.62. The summed E-state index contributed by atoms with van der Waals surface area (Å²) in [6.45, 7) is 0. The van der Waals surface area contributed by atoms with Crippen LogP contribution >= 0.6 is 0 Å². The summed E-state index contributed by atoms with van der Waals surface area (Å²) in [5.74, 6) is 2.13. The minimum atomic E-state index is -0.139. The van der Waals surface area contributed by atoms with E-state index in [1.807, 2.05) is 0 Å². The van der Waals surface area contributed by atoms with Gasteiger partial charge in [0.15, 0.2) is 11.5 Å². The summed E-state index contributed by atoms with van der Waals surface area (Å²) in [6, 6.07) is 3.43. The van der Waals surface area contributed by atoms with E-state index in [-0.39, 0.29) is 11.5 Å². The molecule has 0 unspecified atom stereocenters. The molecular weight excluding hydrogens is 296 g/mol. The number of rotatable bonds is 4. The Balaban J connectivity index is 1.99. The van der Waals surface area contributed by atoms with E-state index in [0.717, 1.165) is 31.5 Å². The molecular formula is C17H22N2O4. The number of methoxy groups -OCH3 is 3. The molecule has 1 aliphatic carbocycles. The number of aromatic amines is 1. The lowest BCUT2D eigenvalue weighted by Gasteiger charge is -2.26. The lowest BCUT2D eigenvalue weighted by atomic mass is 9.87. The average molecular weight is 318 g/mol. The van der Waals surface area contributed by atoms with Crippen LogP contribution in [0.4, 0.5) is 0 Å². The summed E-state index contributed by atoms with van der Waals surface area (Å²) >= 11 is 0. The average Bonchev–Trinajstić information content (AvgIpc) is 2.60. The maximum atomic E-state index is 12.4. The van der Waals surface area contributed by atoms with Gasteiger partial charge >= 0.3 is 0 Å². The van der Waals surface area contributed by atoms with Crippen LogP contribution in [0.3, 0.4) is 0 Å². The Bertz CT molecular complexity index is 748. The van der Waals surface area contributed by atoms with Crippen molar-refractivity contribution in [2.75, 3.05) is 21.3 Å². The van der Waals surface area contributed by atoms with Gasteiger partial charge in [-0.1, -0.05) is 0 Å². The van der Waals surface area contributed by atoms with Gasteiger partial charge in [-0.05, 0) is 31.7 Å². The van der Waals surface area contributed by atoms with E-state index in [1.165, 1.54) is 0 Å². The first kappa shape index (κ1) is 15.8. The minimum Gasteiger partial charge on any atom is -0.493 e. The Labute approximate surface area is 134 Å². The monoisotopic (exact) mass is 318 g/mol. The molecule has 0 saturated heterocycles. The van der Waals surface area contributed by atoms with Gasteiger partial charge in [-0.3, -0.25) is 4.79 Å². The molecule has 1 heterocycles. The maximum absolute atomic E-state index is 12.4. The normalized spacial score (nSPS) is 21.3. The predicted octanol–water partition coefficient (Wildman–Crippen LogP) is 2.61. The number of benzene rings is 1. The molecule has 1 aromatic carbocycles. The lowest BCUT2D eigenvalue weighted by molar-refractivity contribution is 0.0651. The van der Waals surface area contributed by atoms with Crippen molar-refractivity contribution in [1.82, 2.24) is 9.97 Å². The van der Waals surface area contributed by atoms with Crippen LogP contribution in [-0.2, 0) is 4.74 Å². The summed E-state index contributed by atoms with van der Waals surface area (Å²) in [5, 5.41) is 0.511. The van der Waals surface area contributed by atoms with Crippen molar-refractivity contribution in [2.45, 2.75) is 37.7 Å². The molecule has 2 aromatic rings. The second-order valence-corrected chi connectivity index (χ2v) is 5.88. The van der Waals surface area contributed by atoms with Crippen LogP contribution in [0.15, 0.2) is 16.9 Å².